The Morgan fingerprint density at radius 2 is 2.04 bits per heavy atom. The molecule has 1 fully saturated rings. The lowest BCUT2D eigenvalue weighted by molar-refractivity contribution is -0.384. The summed E-state index contributed by atoms with van der Waals surface area (Å²) < 4.78 is 5.16. The molecule has 3 aromatic rings. The smallest absolute Gasteiger partial charge is 0.325 e. The Bertz CT molecular complexity index is 1060. The Morgan fingerprint density at radius 1 is 1.29 bits per heavy atom. The molecule has 0 spiro atoms. The van der Waals surface area contributed by atoms with Gasteiger partial charge >= 0.3 is 6.03 Å². The van der Waals surface area contributed by atoms with Crippen LogP contribution in [0.2, 0.25) is 0 Å². The van der Waals surface area contributed by atoms with Crippen LogP contribution in [0.3, 0.4) is 0 Å². The predicted molar refractivity (Wildman–Crippen MR) is 97.1 cm³/mol. The van der Waals surface area contributed by atoms with E-state index in [2.05, 4.69) is 15.5 Å². The second kappa shape index (κ2) is 6.53. The fraction of sp³-hybridized carbons (Fsp3) is 0.176. The van der Waals surface area contributed by atoms with Gasteiger partial charge in [-0.15, -0.1) is 0 Å². The first kappa shape index (κ1) is 17.8. The number of nitrogens with one attached hydrogen (secondary N) is 1. The van der Waals surface area contributed by atoms with Gasteiger partial charge in [0.1, 0.15) is 12.1 Å². The topological polar surface area (TPSA) is 131 Å². The molecule has 1 saturated heterocycles. The highest BCUT2D eigenvalue weighted by molar-refractivity contribution is 7.08. The van der Waals surface area contributed by atoms with Crippen LogP contribution in [0.1, 0.15) is 18.4 Å². The summed E-state index contributed by atoms with van der Waals surface area (Å²) in [7, 11) is 0. The largest absolute Gasteiger partial charge is 0.337 e. The zero-order chi connectivity index (χ0) is 19.9. The van der Waals surface area contributed by atoms with Crippen LogP contribution in [0.25, 0.3) is 11.4 Å². The molecule has 1 atom stereocenters. The molecular weight excluding hydrogens is 386 g/mol. The molecule has 28 heavy (non-hydrogen) atoms. The third-order valence-electron chi connectivity index (χ3n) is 4.47. The van der Waals surface area contributed by atoms with E-state index in [4.69, 9.17) is 4.52 Å². The van der Waals surface area contributed by atoms with Gasteiger partial charge in [-0.25, -0.2) is 4.79 Å². The normalized spacial score (nSPS) is 19.1. The molecule has 0 aliphatic carbocycles. The molecule has 1 N–H and O–H groups in total. The summed E-state index contributed by atoms with van der Waals surface area (Å²) in [6.07, 6.45) is 0. The Balaban J connectivity index is 1.56. The van der Waals surface area contributed by atoms with E-state index in [-0.39, 0.29) is 18.1 Å². The van der Waals surface area contributed by atoms with E-state index >= 15 is 0 Å². The van der Waals surface area contributed by atoms with Gasteiger partial charge in [-0.05, 0) is 36.1 Å². The summed E-state index contributed by atoms with van der Waals surface area (Å²) in [6, 6.07) is 6.68. The summed E-state index contributed by atoms with van der Waals surface area (Å²) >= 11 is 1.49. The van der Waals surface area contributed by atoms with Gasteiger partial charge in [0.15, 0.2) is 0 Å². The third-order valence-corrected chi connectivity index (χ3v) is 5.15. The number of hydrogen-bond donors (Lipinski definition) is 1. The number of rotatable bonds is 5. The van der Waals surface area contributed by atoms with Crippen LogP contribution in [0, 0.1) is 10.1 Å². The first-order valence-electron chi connectivity index (χ1n) is 8.12. The van der Waals surface area contributed by atoms with Crippen molar-refractivity contribution < 1.29 is 19.0 Å². The highest BCUT2D eigenvalue weighted by atomic mass is 32.1. The standard InChI is InChI=1S/C17H13N5O5S/c1-17(11-2-4-12(5-3-11)22(25)26)15(23)21(16(24)19-17)8-13-18-14(20-27-13)10-6-7-28-9-10/h2-7,9H,8H2,1H3,(H,19,24). The van der Waals surface area contributed by atoms with Crippen LogP contribution < -0.4 is 5.32 Å². The van der Waals surface area contributed by atoms with Crippen molar-refractivity contribution in [2.75, 3.05) is 0 Å². The lowest BCUT2D eigenvalue weighted by Gasteiger charge is -2.21. The van der Waals surface area contributed by atoms with Crippen molar-refractivity contribution in [3.05, 3.63) is 62.7 Å². The number of nitro groups is 1. The molecule has 1 aliphatic rings. The van der Waals surface area contributed by atoms with Crippen molar-refractivity contribution in [1.82, 2.24) is 20.4 Å². The van der Waals surface area contributed by atoms with E-state index in [1.165, 1.54) is 35.6 Å². The molecule has 3 heterocycles. The average Bonchev–Trinajstić information content (AvgIpc) is 3.40. The maximum Gasteiger partial charge on any atom is 0.325 e. The molecule has 0 bridgehead atoms. The number of nitro benzene ring substituents is 1. The van der Waals surface area contributed by atoms with Crippen LogP contribution in [-0.2, 0) is 16.9 Å². The Labute approximate surface area is 161 Å². The van der Waals surface area contributed by atoms with Crippen LogP contribution in [0.4, 0.5) is 10.5 Å². The van der Waals surface area contributed by atoms with Gasteiger partial charge in [0, 0.05) is 23.1 Å². The SMILES string of the molecule is CC1(c2ccc([N+](=O)[O-])cc2)NC(=O)N(Cc2nc(-c3ccsc3)no2)C1=O. The second-order valence-electron chi connectivity index (χ2n) is 6.27. The molecule has 0 radical (unpaired) electrons. The van der Waals surface area contributed by atoms with Gasteiger partial charge in [-0.2, -0.15) is 16.3 Å². The zero-order valence-electron chi connectivity index (χ0n) is 14.5. The number of urea groups is 1. The maximum atomic E-state index is 12.9. The van der Waals surface area contributed by atoms with Crippen LogP contribution >= 0.6 is 11.3 Å². The quantitative estimate of drug-likeness (QED) is 0.396. The summed E-state index contributed by atoms with van der Waals surface area (Å²) in [5.41, 5.74) is -0.230. The second-order valence-corrected chi connectivity index (χ2v) is 7.05. The molecule has 4 rings (SSSR count). The van der Waals surface area contributed by atoms with Crippen molar-refractivity contribution in [3.8, 4) is 11.4 Å². The van der Waals surface area contributed by atoms with Gasteiger partial charge in [0.25, 0.3) is 11.6 Å². The number of thiophene rings is 1. The van der Waals surface area contributed by atoms with E-state index in [0.29, 0.717) is 11.4 Å². The summed E-state index contributed by atoms with van der Waals surface area (Å²) in [6.45, 7) is 1.36. The van der Waals surface area contributed by atoms with Gasteiger partial charge in [0.2, 0.25) is 11.7 Å². The van der Waals surface area contributed by atoms with Crippen molar-refractivity contribution in [2.24, 2.45) is 0 Å². The van der Waals surface area contributed by atoms with Gasteiger partial charge in [-0.3, -0.25) is 19.8 Å². The lowest BCUT2D eigenvalue weighted by Crippen LogP contribution is -2.40. The lowest BCUT2D eigenvalue weighted by atomic mass is 9.92. The maximum absolute atomic E-state index is 12.9. The van der Waals surface area contributed by atoms with Gasteiger partial charge in [-0.1, -0.05) is 5.16 Å². The molecule has 1 aromatic carbocycles. The fourth-order valence-electron chi connectivity index (χ4n) is 2.92. The fourth-order valence-corrected chi connectivity index (χ4v) is 3.55. The Hall–Kier alpha value is -3.60. The number of benzene rings is 1. The number of imide groups is 1. The predicted octanol–water partition coefficient (Wildman–Crippen LogP) is 2.67. The van der Waals surface area contributed by atoms with Crippen LogP contribution in [-0.4, -0.2) is 31.9 Å². The van der Waals surface area contributed by atoms with Crippen molar-refractivity contribution in [1.29, 1.82) is 0 Å². The van der Waals surface area contributed by atoms with Gasteiger partial charge in [0.05, 0.1) is 4.92 Å². The molecule has 0 saturated carbocycles. The van der Waals surface area contributed by atoms with E-state index in [9.17, 15) is 19.7 Å². The molecule has 1 unspecified atom stereocenters. The molecule has 10 nitrogen and oxygen atoms in total. The highest BCUT2D eigenvalue weighted by Crippen LogP contribution is 2.31. The molecule has 142 valence electrons. The Morgan fingerprint density at radius 3 is 2.68 bits per heavy atom. The Kier molecular flexibility index (Phi) is 4.15. The molecule has 3 amide bonds. The number of non-ortho nitro benzene ring substituents is 1. The summed E-state index contributed by atoms with van der Waals surface area (Å²) in [5, 5.41) is 21.0. The number of nitrogens with zero attached hydrogens (tertiary/aromatic N) is 4. The van der Waals surface area contributed by atoms with Gasteiger partial charge < -0.3 is 9.84 Å². The number of carbonyl (C=O) groups is 2. The third kappa shape index (κ3) is 2.91. The zero-order valence-corrected chi connectivity index (χ0v) is 15.3. The highest BCUT2D eigenvalue weighted by Gasteiger charge is 2.49. The number of amides is 3. The van der Waals surface area contributed by atoms with E-state index in [1.807, 2.05) is 16.8 Å². The van der Waals surface area contributed by atoms with E-state index in [1.54, 1.807) is 6.92 Å². The van der Waals surface area contributed by atoms with Crippen LogP contribution in [0.15, 0.2) is 45.6 Å². The number of carbonyl (C=O) groups excluding carboxylic acids is 2. The van der Waals surface area contributed by atoms with E-state index < -0.39 is 22.4 Å². The minimum absolute atomic E-state index is 0.104. The average molecular weight is 399 g/mol. The first-order valence-corrected chi connectivity index (χ1v) is 9.07. The van der Waals surface area contributed by atoms with Crippen molar-refractivity contribution >= 4 is 29.0 Å². The van der Waals surface area contributed by atoms with Crippen molar-refractivity contribution in [2.45, 2.75) is 19.0 Å². The number of hydrogen-bond acceptors (Lipinski definition) is 8. The summed E-state index contributed by atoms with van der Waals surface area (Å²) in [4.78, 5) is 40.8. The van der Waals surface area contributed by atoms with E-state index in [0.717, 1.165) is 10.5 Å². The molecular formula is C17H13N5O5S. The molecule has 1 aliphatic heterocycles. The van der Waals surface area contributed by atoms with Crippen molar-refractivity contribution in [3.63, 3.8) is 0 Å². The summed E-state index contributed by atoms with van der Waals surface area (Å²) in [5.74, 6) is -0.0132. The minimum Gasteiger partial charge on any atom is -0.337 e. The molecule has 2 aromatic heterocycles. The van der Waals surface area contributed by atoms with Crippen LogP contribution in [0.5, 0.6) is 0 Å². The monoisotopic (exact) mass is 399 g/mol. The first-order chi connectivity index (χ1) is 13.4. The minimum atomic E-state index is -1.34. The number of aromatic nitrogens is 2. The molecule has 11 heteroatoms.